The van der Waals surface area contributed by atoms with Crippen molar-refractivity contribution in [3.8, 4) is 5.88 Å². The van der Waals surface area contributed by atoms with Crippen molar-refractivity contribution in [3.63, 3.8) is 0 Å². The van der Waals surface area contributed by atoms with E-state index in [2.05, 4.69) is 9.55 Å². The molecule has 0 aromatic carbocycles. The zero-order chi connectivity index (χ0) is 16.1. The number of ether oxygens (including phenoxy) is 2. The largest absolute Gasteiger partial charge is 0.471 e. The zero-order valence-electron chi connectivity index (χ0n) is 13.2. The van der Waals surface area contributed by atoms with E-state index in [0.717, 1.165) is 5.69 Å². The first-order chi connectivity index (χ1) is 11.3. The molecule has 0 bridgehead atoms. The molecule has 1 unspecified atom stereocenters. The highest BCUT2D eigenvalue weighted by Gasteiger charge is 2.26. The van der Waals surface area contributed by atoms with Crippen LogP contribution in [0, 0.1) is 0 Å². The normalized spacial score (nSPS) is 17.4. The van der Waals surface area contributed by atoms with Crippen molar-refractivity contribution < 1.29 is 14.3 Å². The maximum absolute atomic E-state index is 12.4. The van der Waals surface area contributed by atoms with Crippen molar-refractivity contribution in [1.29, 1.82) is 0 Å². The van der Waals surface area contributed by atoms with Gasteiger partial charge in [0.25, 0.3) is 0 Å². The number of amides is 1. The van der Waals surface area contributed by atoms with Crippen LogP contribution in [0.5, 0.6) is 5.88 Å². The van der Waals surface area contributed by atoms with Crippen molar-refractivity contribution in [2.24, 2.45) is 0 Å². The third-order valence-corrected chi connectivity index (χ3v) is 3.81. The minimum atomic E-state index is -0.149. The van der Waals surface area contributed by atoms with Crippen LogP contribution in [0.2, 0.25) is 0 Å². The predicted octanol–water partition coefficient (Wildman–Crippen LogP) is 1.71. The summed E-state index contributed by atoms with van der Waals surface area (Å²) in [6, 6.07) is 9.58. The van der Waals surface area contributed by atoms with Gasteiger partial charge in [-0.3, -0.25) is 4.79 Å². The van der Waals surface area contributed by atoms with Gasteiger partial charge in [0.2, 0.25) is 11.8 Å². The molecular weight excluding hydrogens is 294 g/mol. The summed E-state index contributed by atoms with van der Waals surface area (Å²) in [6.45, 7) is 4.30. The molecule has 23 heavy (non-hydrogen) atoms. The Hall–Kier alpha value is -2.34. The first-order valence-corrected chi connectivity index (χ1v) is 7.83. The van der Waals surface area contributed by atoms with Gasteiger partial charge in [-0.25, -0.2) is 4.98 Å². The van der Waals surface area contributed by atoms with Crippen molar-refractivity contribution in [1.82, 2.24) is 14.5 Å². The second-order valence-corrected chi connectivity index (χ2v) is 5.47. The number of carbonyl (C=O) groups excluding carboxylic acids is 1. The molecule has 0 saturated heterocycles. The van der Waals surface area contributed by atoms with Crippen LogP contribution in [0.25, 0.3) is 0 Å². The minimum Gasteiger partial charge on any atom is -0.471 e. The number of hydrogen-bond acceptors (Lipinski definition) is 4. The fraction of sp³-hybridized carbons (Fsp3) is 0.412. The average molecular weight is 315 g/mol. The van der Waals surface area contributed by atoms with Crippen molar-refractivity contribution in [3.05, 3.63) is 48.4 Å². The van der Waals surface area contributed by atoms with Crippen molar-refractivity contribution in [2.45, 2.75) is 26.1 Å². The molecule has 0 N–H and O–H groups in total. The molecule has 6 heteroatoms. The second-order valence-electron chi connectivity index (χ2n) is 5.47. The summed E-state index contributed by atoms with van der Waals surface area (Å²) in [5.74, 6) is 0.557. The van der Waals surface area contributed by atoms with Gasteiger partial charge in [0, 0.05) is 30.8 Å². The molecule has 6 nitrogen and oxygen atoms in total. The average Bonchev–Trinajstić information content (AvgIpc) is 2.92. The quantitative estimate of drug-likeness (QED) is 0.843. The van der Waals surface area contributed by atoms with Crippen molar-refractivity contribution in [2.75, 3.05) is 19.8 Å². The fourth-order valence-electron chi connectivity index (χ4n) is 2.69. The van der Waals surface area contributed by atoms with E-state index in [4.69, 9.17) is 9.47 Å². The molecule has 3 rings (SSSR count). The molecule has 0 saturated carbocycles. The fourth-order valence-corrected chi connectivity index (χ4v) is 2.69. The lowest BCUT2D eigenvalue weighted by atomic mass is 10.3. The van der Waals surface area contributed by atoms with E-state index in [9.17, 15) is 4.79 Å². The summed E-state index contributed by atoms with van der Waals surface area (Å²) in [7, 11) is 0. The molecule has 3 heterocycles. The molecule has 2 aromatic heterocycles. The molecule has 0 fully saturated rings. The lowest BCUT2D eigenvalue weighted by Crippen LogP contribution is -2.40. The van der Waals surface area contributed by atoms with E-state index >= 15 is 0 Å². The third-order valence-electron chi connectivity index (χ3n) is 3.81. The van der Waals surface area contributed by atoms with Crippen LogP contribution >= 0.6 is 0 Å². The smallest absolute Gasteiger partial charge is 0.249 e. The topological polar surface area (TPSA) is 56.6 Å². The molecule has 1 aliphatic rings. The summed E-state index contributed by atoms with van der Waals surface area (Å²) >= 11 is 0. The maximum atomic E-state index is 12.4. The number of nitrogens with zero attached hydrogens (tertiary/aromatic N) is 3. The van der Waals surface area contributed by atoms with Crippen LogP contribution in [0.15, 0.2) is 42.7 Å². The van der Waals surface area contributed by atoms with E-state index in [0.29, 0.717) is 32.1 Å². The number of fused-ring (bicyclic) bond motifs is 1. The van der Waals surface area contributed by atoms with Gasteiger partial charge in [0.1, 0.15) is 12.7 Å². The first kappa shape index (κ1) is 15.6. The van der Waals surface area contributed by atoms with Gasteiger partial charge < -0.3 is 18.9 Å². The van der Waals surface area contributed by atoms with E-state index in [1.807, 2.05) is 43.5 Å². The summed E-state index contributed by atoms with van der Waals surface area (Å²) in [4.78, 5) is 18.4. The van der Waals surface area contributed by atoms with Gasteiger partial charge in [-0.15, -0.1) is 0 Å². The monoisotopic (exact) mass is 315 g/mol. The number of pyridine rings is 1. The lowest BCUT2D eigenvalue weighted by Gasteiger charge is -2.24. The SMILES string of the molecule is CCOCC(=O)N1Cc2cccn2CC(Oc2ccccn2)C1. The third kappa shape index (κ3) is 3.90. The van der Waals surface area contributed by atoms with Gasteiger partial charge >= 0.3 is 0 Å². The molecule has 0 radical (unpaired) electrons. The molecule has 1 amide bonds. The second kappa shape index (κ2) is 7.28. The van der Waals surface area contributed by atoms with Crippen LogP contribution in [0.4, 0.5) is 0 Å². The lowest BCUT2D eigenvalue weighted by molar-refractivity contribution is -0.137. The summed E-state index contributed by atoms with van der Waals surface area (Å²) in [5, 5.41) is 0. The van der Waals surface area contributed by atoms with Crippen LogP contribution in [0.1, 0.15) is 12.6 Å². The number of carbonyl (C=O) groups is 1. The minimum absolute atomic E-state index is 0.0175. The van der Waals surface area contributed by atoms with Gasteiger partial charge in [0.15, 0.2) is 0 Å². The molecule has 122 valence electrons. The molecule has 1 aliphatic heterocycles. The van der Waals surface area contributed by atoms with Crippen molar-refractivity contribution >= 4 is 5.91 Å². The Labute approximate surface area is 135 Å². The Bertz CT molecular complexity index is 642. The highest BCUT2D eigenvalue weighted by Crippen LogP contribution is 2.17. The standard InChI is InChI=1S/C17H21N3O3/c1-2-22-13-17(21)20-10-14-6-5-9-19(14)11-15(12-20)23-16-7-3-4-8-18-16/h3-9,15H,2,10-13H2,1H3. The molecular formula is C17H21N3O3. The zero-order valence-corrected chi connectivity index (χ0v) is 13.2. The Kier molecular flexibility index (Phi) is 4.92. The molecule has 2 aromatic rings. The van der Waals surface area contributed by atoms with Gasteiger partial charge in [-0.05, 0) is 25.1 Å². The summed E-state index contributed by atoms with van der Waals surface area (Å²) < 4.78 is 13.4. The summed E-state index contributed by atoms with van der Waals surface area (Å²) in [6.07, 6.45) is 3.57. The molecule has 0 spiro atoms. The highest BCUT2D eigenvalue weighted by molar-refractivity contribution is 5.77. The Morgan fingerprint density at radius 1 is 1.30 bits per heavy atom. The Morgan fingerprint density at radius 3 is 3.00 bits per heavy atom. The molecule has 1 atom stereocenters. The van der Waals surface area contributed by atoms with Crippen LogP contribution in [-0.4, -0.2) is 46.2 Å². The molecule has 0 aliphatic carbocycles. The van der Waals surface area contributed by atoms with Gasteiger partial charge in [-0.2, -0.15) is 0 Å². The number of rotatable bonds is 5. The van der Waals surface area contributed by atoms with E-state index in [1.165, 1.54) is 0 Å². The van der Waals surface area contributed by atoms with Crippen LogP contribution < -0.4 is 4.74 Å². The number of aromatic nitrogens is 2. The summed E-state index contributed by atoms with van der Waals surface area (Å²) in [5.41, 5.74) is 1.10. The van der Waals surface area contributed by atoms with E-state index < -0.39 is 0 Å². The van der Waals surface area contributed by atoms with E-state index in [-0.39, 0.29) is 18.6 Å². The van der Waals surface area contributed by atoms with Crippen LogP contribution in [0.3, 0.4) is 0 Å². The van der Waals surface area contributed by atoms with E-state index in [1.54, 1.807) is 11.1 Å². The number of hydrogen-bond donors (Lipinski definition) is 0. The Balaban J connectivity index is 1.76. The Morgan fingerprint density at radius 2 is 2.22 bits per heavy atom. The first-order valence-electron chi connectivity index (χ1n) is 7.83. The highest BCUT2D eigenvalue weighted by atomic mass is 16.5. The van der Waals surface area contributed by atoms with Gasteiger partial charge in [0.05, 0.1) is 19.6 Å². The van der Waals surface area contributed by atoms with Crippen LogP contribution in [-0.2, 0) is 22.6 Å². The maximum Gasteiger partial charge on any atom is 0.249 e. The predicted molar refractivity (Wildman–Crippen MR) is 85.0 cm³/mol. The van der Waals surface area contributed by atoms with Gasteiger partial charge in [-0.1, -0.05) is 6.07 Å².